The molecule has 1 aliphatic heterocycles. The number of benzene rings is 1. The van der Waals surface area contributed by atoms with Gasteiger partial charge in [-0.3, -0.25) is 4.79 Å². The van der Waals surface area contributed by atoms with E-state index in [0.29, 0.717) is 18.4 Å². The van der Waals surface area contributed by atoms with Crippen LogP contribution < -0.4 is 10.6 Å². The highest BCUT2D eigenvalue weighted by Gasteiger charge is 2.24. The van der Waals surface area contributed by atoms with Crippen LogP contribution in [-0.2, 0) is 4.79 Å². The molecule has 4 nitrogen and oxygen atoms in total. The minimum Gasteiger partial charge on any atom is -0.371 e. The van der Waals surface area contributed by atoms with Gasteiger partial charge in [0.05, 0.1) is 6.54 Å². The fraction of sp³-hybridized carbons (Fsp3) is 0.450. The van der Waals surface area contributed by atoms with Crippen LogP contribution in [0.15, 0.2) is 37.1 Å². The van der Waals surface area contributed by atoms with Crippen molar-refractivity contribution in [1.82, 2.24) is 10.2 Å². The Morgan fingerprint density at radius 3 is 2.52 bits per heavy atom. The van der Waals surface area contributed by atoms with Gasteiger partial charge in [0.1, 0.15) is 0 Å². The lowest BCUT2D eigenvalue weighted by Crippen LogP contribution is -2.37. The highest BCUT2D eigenvalue weighted by atomic mass is 127. The molecule has 5 heteroatoms. The van der Waals surface area contributed by atoms with Crippen molar-refractivity contribution < 1.29 is 4.79 Å². The van der Waals surface area contributed by atoms with Crippen molar-refractivity contribution in [2.75, 3.05) is 25.0 Å². The molecule has 0 bridgehead atoms. The first-order chi connectivity index (χ1) is 11.8. The number of carbonyl (C=O) groups is 1. The Bertz CT molecular complexity index is 661. The SMILES string of the molecule is C=C(CNC(C)=O)Nc1ccc(I)cc1C(=C)N1C[C@H](C)C[C@H](C)C1. The maximum Gasteiger partial charge on any atom is 0.217 e. The molecule has 1 fully saturated rings. The molecule has 1 heterocycles. The number of halogens is 1. The molecule has 136 valence electrons. The monoisotopic (exact) mass is 453 g/mol. The molecular weight excluding hydrogens is 425 g/mol. The molecule has 1 aromatic rings. The van der Waals surface area contributed by atoms with Crippen LogP contribution in [-0.4, -0.2) is 30.4 Å². The molecule has 0 aliphatic carbocycles. The van der Waals surface area contributed by atoms with Gasteiger partial charge in [0.15, 0.2) is 0 Å². The molecule has 1 aliphatic rings. The van der Waals surface area contributed by atoms with Crippen molar-refractivity contribution in [3.05, 3.63) is 46.2 Å². The molecule has 2 atom stereocenters. The number of hydrogen-bond acceptors (Lipinski definition) is 3. The third-order valence-corrected chi connectivity index (χ3v) is 5.08. The predicted octanol–water partition coefficient (Wildman–Crippen LogP) is 4.30. The van der Waals surface area contributed by atoms with Crippen LogP contribution >= 0.6 is 22.6 Å². The van der Waals surface area contributed by atoms with Gasteiger partial charge in [-0.05, 0) is 59.0 Å². The number of nitrogens with zero attached hydrogens (tertiary/aromatic N) is 1. The lowest BCUT2D eigenvalue weighted by atomic mass is 9.91. The molecule has 0 radical (unpaired) electrons. The van der Waals surface area contributed by atoms with Crippen LogP contribution in [0, 0.1) is 15.4 Å². The standard InChI is InChI=1S/C20H28IN3O/c1-13-8-14(2)12-24(11-13)16(4)19-9-18(21)6-7-20(19)23-15(3)10-22-17(5)25/h6-7,9,13-14,23H,3-4,8,10-12H2,1-2,5H3,(H,22,25)/t13-,14+. The summed E-state index contributed by atoms with van der Waals surface area (Å²) in [6.45, 7) is 17.0. The van der Waals surface area contributed by atoms with Crippen LogP contribution in [0.3, 0.4) is 0 Å². The molecule has 1 aromatic carbocycles. The Morgan fingerprint density at radius 2 is 1.92 bits per heavy atom. The van der Waals surface area contributed by atoms with Gasteiger partial charge in [-0.1, -0.05) is 27.0 Å². The number of nitrogens with one attached hydrogen (secondary N) is 2. The number of amides is 1. The van der Waals surface area contributed by atoms with E-state index in [4.69, 9.17) is 0 Å². The van der Waals surface area contributed by atoms with Gasteiger partial charge >= 0.3 is 0 Å². The normalized spacial score (nSPS) is 20.1. The van der Waals surface area contributed by atoms with Crippen LogP contribution in [0.1, 0.15) is 32.8 Å². The van der Waals surface area contributed by atoms with Crippen LogP contribution in [0.25, 0.3) is 5.70 Å². The van der Waals surface area contributed by atoms with Gasteiger partial charge in [0.2, 0.25) is 5.91 Å². The summed E-state index contributed by atoms with van der Waals surface area (Å²) in [5.41, 5.74) is 3.88. The molecule has 0 aromatic heterocycles. The molecule has 0 unspecified atom stereocenters. The maximum absolute atomic E-state index is 11.1. The molecular formula is C20H28IN3O. The summed E-state index contributed by atoms with van der Waals surface area (Å²) >= 11 is 2.33. The average molecular weight is 453 g/mol. The summed E-state index contributed by atoms with van der Waals surface area (Å²) in [6, 6.07) is 6.27. The largest absolute Gasteiger partial charge is 0.371 e. The fourth-order valence-electron chi connectivity index (χ4n) is 3.38. The van der Waals surface area contributed by atoms with Gasteiger partial charge in [-0.25, -0.2) is 0 Å². The third-order valence-electron chi connectivity index (χ3n) is 4.41. The molecule has 2 N–H and O–H groups in total. The van der Waals surface area contributed by atoms with E-state index in [2.05, 4.69) is 83.3 Å². The summed E-state index contributed by atoms with van der Waals surface area (Å²) in [5, 5.41) is 6.10. The first-order valence-corrected chi connectivity index (χ1v) is 9.77. The number of piperidine rings is 1. The number of hydrogen-bond donors (Lipinski definition) is 2. The van der Waals surface area contributed by atoms with Gasteiger partial charge < -0.3 is 15.5 Å². The second-order valence-electron chi connectivity index (χ2n) is 7.13. The van der Waals surface area contributed by atoms with E-state index in [0.717, 1.165) is 35.7 Å². The molecule has 2 rings (SSSR count). The number of anilines is 1. The number of likely N-dealkylation sites (tertiary alicyclic amines) is 1. The van der Waals surface area contributed by atoms with Crippen molar-refractivity contribution in [3.63, 3.8) is 0 Å². The van der Waals surface area contributed by atoms with E-state index >= 15 is 0 Å². The van der Waals surface area contributed by atoms with E-state index in [-0.39, 0.29) is 5.91 Å². The Labute approximate surface area is 164 Å². The van der Waals surface area contributed by atoms with Gasteiger partial charge in [-0.2, -0.15) is 0 Å². The predicted molar refractivity (Wildman–Crippen MR) is 114 cm³/mol. The minimum atomic E-state index is -0.0634. The second kappa shape index (κ2) is 8.74. The Kier molecular flexibility index (Phi) is 6.93. The highest BCUT2D eigenvalue weighted by Crippen LogP contribution is 2.32. The quantitative estimate of drug-likeness (QED) is 0.632. The van der Waals surface area contributed by atoms with Crippen LogP contribution in [0.5, 0.6) is 0 Å². The summed E-state index contributed by atoms with van der Waals surface area (Å²) in [6.07, 6.45) is 1.27. The van der Waals surface area contributed by atoms with Crippen LogP contribution in [0.2, 0.25) is 0 Å². The Morgan fingerprint density at radius 1 is 1.28 bits per heavy atom. The summed E-state index contributed by atoms with van der Waals surface area (Å²) in [7, 11) is 0. The molecule has 0 spiro atoms. The van der Waals surface area contributed by atoms with E-state index < -0.39 is 0 Å². The molecule has 1 saturated heterocycles. The van der Waals surface area contributed by atoms with Crippen molar-refractivity contribution in [2.24, 2.45) is 11.8 Å². The molecule has 1 amide bonds. The molecule has 0 saturated carbocycles. The van der Waals surface area contributed by atoms with E-state index in [1.54, 1.807) is 0 Å². The van der Waals surface area contributed by atoms with Crippen LogP contribution in [0.4, 0.5) is 5.69 Å². The van der Waals surface area contributed by atoms with Crippen molar-refractivity contribution in [3.8, 4) is 0 Å². The first-order valence-electron chi connectivity index (χ1n) is 8.69. The summed E-state index contributed by atoms with van der Waals surface area (Å²) < 4.78 is 1.17. The zero-order valence-electron chi connectivity index (χ0n) is 15.4. The van der Waals surface area contributed by atoms with E-state index in [9.17, 15) is 4.79 Å². The lowest BCUT2D eigenvalue weighted by molar-refractivity contribution is -0.118. The number of carbonyl (C=O) groups excluding carboxylic acids is 1. The maximum atomic E-state index is 11.1. The Balaban J connectivity index is 2.18. The first kappa shape index (κ1) is 19.8. The topological polar surface area (TPSA) is 44.4 Å². The van der Waals surface area contributed by atoms with Gasteiger partial charge in [-0.15, -0.1) is 0 Å². The van der Waals surface area contributed by atoms with Gasteiger partial charge in [0.25, 0.3) is 0 Å². The zero-order chi connectivity index (χ0) is 18.6. The smallest absolute Gasteiger partial charge is 0.217 e. The minimum absolute atomic E-state index is 0.0634. The third kappa shape index (κ3) is 5.76. The second-order valence-corrected chi connectivity index (χ2v) is 8.37. The fourth-order valence-corrected chi connectivity index (χ4v) is 3.87. The van der Waals surface area contributed by atoms with Crippen molar-refractivity contribution >= 4 is 39.9 Å². The van der Waals surface area contributed by atoms with Gasteiger partial charge in [0, 0.05) is 46.2 Å². The zero-order valence-corrected chi connectivity index (χ0v) is 17.5. The van der Waals surface area contributed by atoms with Crippen molar-refractivity contribution in [1.29, 1.82) is 0 Å². The Hall–Kier alpha value is -1.50. The number of rotatable bonds is 6. The average Bonchev–Trinajstić information content (AvgIpc) is 2.53. The van der Waals surface area contributed by atoms with E-state index in [1.165, 1.54) is 16.9 Å². The summed E-state index contributed by atoms with van der Waals surface area (Å²) in [5.74, 6) is 1.29. The van der Waals surface area contributed by atoms with Crippen molar-refractivity contribution in [2.45, 2.75) is 27.2 Å². The summed E-state index contributed by atoms with van der Waals surface area (Å²) in [4.78, 5) is 13.5. The van der Waals surface area contributed by atoms with E-state index in [1.807, 2.05) is 0 Å². The highest BCUT2D eigenvalue weighted by molar-refractivity contribution is 14.1. The molecule has 25 heavy (non-hydrogen) atoms. The lowest BCUT2D eigenvalue weighted by Gasteiger charge is -2.38.